The molecule has 3 aliphatic rings. The van der Waals surface area contributed by atoms with E-state index < -0.39 is 0 Å². The zero-order chi connectivity index (χ0) is 16.8. The summed E-state index contributed by atoms with van der Waals surface area (Å²) in [4.78, 5) is 24.9. The number of rotatable bonds is 1. The maximum atomic E-state index is 12.9. The van der Waals surface area contributed by atoms with Crippen molar-refractivity contribution >= 4 is 12.1 Å². The van der Waals surface area contributed by atoms with Crippen LogP contribution in [0.1, 0.15) is 59.8 Å². The number of fused-ring (bicyclic) bond motifs is 3. The summed E-state index contributed by atoms with van der Waals surface area (Å²) in [7, 11) is 0. The Bertz CT molecular complexity index is 588. The summed E-state index contributed by atoms with van der Waals surface area (Å²) >= 11 is 0. The number of ketones is 1. The van der Waals surface area contributed by atoms with E-state index >= 15 is 0 Å². The Balaban J connectivity index is 2.01. The molecule has 0 aromatic rings. The third kappa shape index (κ3) is 2.73. The van der Waals surface area contributed by atoms with Crippen LogP contribution in [-0.2, 0) is 14.3 Å². The van der Waals surface area contributed by atoms with Gasteiger partial charge in [-0.3, -0.25) is 4.79 Å². The highest BCUT2D eigenvalue weighted by Gasteiger charge is 2.58. The molecule has 23 heavy (non-hydrogen) atoms. The largest absolute Gasteiger partial charge is 0.358 e. The van der Waals surface area contributed by atoms with E-state index in [1.54, 1.807) is 0 Å². The standard InChI is InChI=1S/C20H28O3/c1-13-6-5-10-20(4)18(23-20)17(22)15-8-7-14(2)19(3,11-9-13)16(15)12-21/h6,8,12,14,16,18H,5,7,9-11H2,1-4H3/b13-6-/t14-,16-,18-,19+,20-/m1/s1. The van der Waals surface area contributed by atoms with E-state index in [2.05, 4.69) is 26.8 Å². The molecule has 1 fully saturated rings. The monoisotopic (exact) mass is 316 g/mol. The van der Waals surface area contributed by atoms with Crippen LogP contribution in [0.25, 0.3) is 0 Å². The average Bonchev–Trinajstić information content (AvgIpc) is 3.18. The number of aldehydes is 1. The van der Waals surface area contributed by atoms with Gasteiger partial charge in [0.2, 0.25) is 0 Å². The second-order valence-corrected chi connectivity index (χ2v) is 8.18. The maximum absolute atomic E-state index is 12.9. The van der Waals surface area contributed by atoms with Gasteiger partial charge in [0.1, 0.15) is 18.0 Å². The van der Waals surface area contributed by atoms with Gasteiger partial charge in [0.05, 0.1) is 0 Å². The van der Waals surface area contributed by atoms with Crippen LogP contribution in [0.3, 0.4) is 0 Å². The van der Waals surface area contributed by atoms with Gasteiger partial charge in [0, 0.05) is 11.5 Å². The molecule has 3 rings (SSSR count). The second kappa shape index (κ2) is 5.70. The highest BCUT2D eigenvalue weighted by Crippen LogP contribution is 2.51. The number of hydrogen-bond donors (Lipinski definition) is 0. The molecule has 0 aromatic carbocycles. The molecule has 1 aliphatic heterocycles. The average molecular weight is 316 g/mol. The van der Waals surface area contributed by atoms with E-state index in [-0.39, 0.29) is 28.8 Å². The van der Waals surface area contributed by atoms with Gasteiger partial charge in [-0.1, -0.05) is 31.6 Å². The Morgan fingerprint density at radius 2 is 2.00 bits per heavy atom. The molecule has 0 N–H and O–H groups in total. The van der Waals surface area contributed by atoms with Crippen LogP contribution in [0.2, 0.25) is 0 Å². The summed E-state index contributed by atoms with van der Waals surface area (Å²) in [6, 6.07) is 0. The second-order valence-electron chi connectivity index (χ2n) is 8.18. The first-order valence-electron chi connectivity index (χ1n) is 8.85. The van der Waals surface area contributed by atoms with Crippen molar-refractivity contribution in [1.29, 1.82) is 0 Å². The van der Waals surface area contributed by atoms with Crippen molar-refractivity contribution < 1.29 is 14.3 Å². The zero-order valence-corrected chi connectivity index (χ0v) is 14.7. The minimum atomic E-state index is -0.359. The first kappa shape index (κ1) is 16.6. The van der Waals surface area contributed by atoms with Crippen molar-refractivity contribution in [2.45, 2.75) is 71.5 Å². The SMILES string of the molecule is C/C1=C/CC[C@@]2(C)O[C@@H]2C(=O)C2=CC[C@@H](C)[C@](C)(CC1)[C@@H]2C=O. The quantitative estimate of drug-likeness (QED) is 0.417. The van der Waals surface area contributed by atoms with E-state index in [0.717, 1.165) is 38.4 Å². The van der Waals surface area contributed by atoms with Gasteiger partial charge in [0.15, 0.2) is 5.78 Å². The predicted molar refractivity (Wildman–Crippen MR) is 90.0 cm³/mol. The minimum Gasteiger partial charge on any atom is -0.358 e. The lowest BCUT2D eigenvalue weighted by Gasteiger charge is -2.44. The Labute approximate surface area is 139 Å². The molecule has 1 saturated heterocycles. The van der Waals surface area contributed by atoms with Crippen LogP contribution in [0.4, 0.5) is 0 Å². The Kier molecular flexibility index (Phi) is 4.12. The molecule has 5 atom stereocenters. The summed E-state index contributed by atoms with van der Waals surface area (Å²) < 4.78 is 5.77. The predicted octanol–water partition coefficient (Wildman–Crippen LogP) is 4.02. The van der Waals surface area contributed by atoms with Gasteiger partial charge in [-0.25, -0.2) is 0 Å². The molecule has 126 valence electrons. The Morgan fingerprint density at radius 3 is 2.70 bits per heavy atom. The molecule has 0 amide bonds. The van der Waals surface area contributed by atoms with Crippen LogP contribution in [0.5, 0.6) is 0 Å². The molecule has 3 heteroatoms. The first-order chi connectivity index (χ1) is 10.8. The molecule has 0 unspecified atom stereocenters. The minimum absolute atomic E-state index is 0.0454. The first-order valence-corrected chi connectivity index (χ1v) is 8.85. The van der Waals surface area contributed by atoms with Crippen LogP contribution in [0, 0.1) is 17.3 Å². The highest BCUT2D eigenvalue weighted by molar-refractivity contribution is 6.04. The highest BCUT2D eigenvalue weighted by atomic mass is 16.6. The lowest BCUT2D eigenvalue weighted by molar-refractivity contribution is -0.122. The van der Waals surface area contributed by atoms with E-state index in [4.69, 9.17) is 4.74 Å². The number of allylic oxidation sites excluding steroid dienone is 3. The lowest BCUT2D eigenvalue weighted by atomic mass is 9.59. The van der Waals surface area contributed by atoms with Crippen molar-refractivity contribution in [1.82, 2.24) is 0 Å². The molecule has 0 spiro atoms. The summed E-state index contributed by atoms with van der Waals surface area (Å²) in [6.45, 7) is 8.58. The summed E-state index contributed by atoms with van der Waals surface area (Å²) in [6.07, 6.45) is 9.56. The van der Waals surface area contributed by atoms with Crippen LogP contribution >= 0.6 is 0 Å². The number of carbonyl (C=O) groups excluding carboxylic acids is 2. The van der Waals surface area contributed by atoms with E-state index in [1.165, 1.54) is 5.57 Å². The fourth-order valence-corrected chi connectivity index (χ4v) is 4.33. The third-order valence-electron chi connectivity index (χ3n) is 6.60. The summed E-state index contributed by atoms with van der Waals surface area (Å²) in [5, 5.41) is 0. The van der Waals surface area contributed by atoms with E-state index in [0.29, 0.717) is 11.5 Å². The smallest absolute Gasteiger partial charge is 0.190 e. The molecule has 0 saturated carbocycles. The molecule has 0 radical (unpaired) electrons. The van der Waals surface area contributed by atoms with Gasteiger partial charge in [-0.05, 0) is 57.3 Å². The van der Waals surface area contributed by atoms with Crippen LogP contribution in [0.15, 0.2) is 23.3 Å². The van der Waals surface area contributed by atoms with Crippen molar-refractivity contribution in [3.63, 3.8) is 0 Å². The number of ether oxygens (including phenoxy) is 1. The van der Waals surface area contributed by atoms with Crippen LogP contribution < -0.4 is 0 Å². The van der Waals surface area contributed by atoms with Gasteiger partial charge >= 0.3 is 0 Å². The number of epoxide rings is 1. The molecular weight excluding hydrogens is 288 g/mol. The number of Topliss-reactive ketones (excluding diaryl/α,β-unsaturated/α-hetero) is 1. The van der Waals surface area contributed by atoms with Crippen molar-refractivity contribution in [3.8, 4) is 0 Å². The van der Waals surface area contributed by atoms with Gasteiger partial charge < -0.3 is 9.53 Å². The third-order valence-corrected chi connectivity index (χ3v) is 6.60. The van der Waals surface area contributed by atoms with Crippen molar-refractivity contribution in [2.24, 2.45) is 17.3 Å². The fourth-order valence-electron chi connectivity index (χ4n) is 4.33. The fraction of sp³-hybridized carbons (Fsp3) is 0.700. The van der Waals surface area contributed by atoms with E-state index in [1.807, 2.05) is 13.0 Å². The zero-order valence-electron chi connectivity index (χ0n) is 14.7. The Morgan fingerprint density at radius 1 is 1.26 bits per heavy atom. The van der Waals surface area contributed by atoms with Gasteiger partial charge in [0.25, 0.3) is 0 Å². The molecule has 2 aliphatic carbocycles. The maximum Gasteiger partial charge on any atom is 0.190 e. The molecule has 2 bridgehead atoms. The molecular formula is C20H28O3. The molecule has 3 nitrogen and oxygen atoms in total. The van der Waals surface area contributed by atoms with Crippen LogP contribution in [-0.4, -0.2) is 23.8 Å². The Hall–Kier alpha value is -1.22. The number of hydrogen-bond acceptors (Lipinski definition) is 3. The summed E-state index contributed by atoms with van der Waals surface area (Å²) in [5.74, 6) is 0.139. The van der Waals surface area contributed by atoms with Gasteiger partial charge in [-0.15, -0.1) is 0 Å². The van der Waals surface area contributed by atoms with Crippen molar-refractivity contribution in [3.05, 3.63) is 23.3 Å². The molecule has 1 heterocycles. The summed E-state index contributed by atoms with van der Waals surface area (Å²) in [5.41, 5.74) is 1.59. The van der Waals surface area contributed by atoms with E-state index in [9.17, 15) is 9.59 Å². The topological polar surface area (TPSA) is 46.7 Å². The normalized spacial score (nSPS) is 46.4. The lowest BCUT2D eigenvalue weighted by Crippen LogP contribution is -2.42. The number of carbonyl (C=O) groups is 2. The molecule has 0 aromatic heterocycles. The van der Waals surface area contributed by atoms with Gasteiger partial charge in [-0.2, -0.15) is 0 Å². The van der Waals surface area contributed by atoms with Crippen molar-refractivity contribution in [2.75, 3.05) is 0 Å².